The quantitative estimate of drug-likeness (QED) is 0.768. The Morgan fingerprint density at radius 1 is 1.38 bits per heavy atom. The van der Waals surface area contributed by atoms with Crippen LogP contribution < -0.4 is 5.73 Å². The van der Waals surface area contributed by atoms with Crippen molar-refractivity contribution < 1.29 is 4.79 Å². The highest BCUT2D eigenvalue weighted by Crippen LogP contribution is 2.25. The van der Waals surface area contributed by atoms with Gasteiger partial charge in [0.15, 0.2) is 0 Å². The molecule has 0 aliphatic carbocycles. The van der Waals surface area contributed by atoms with Gasteiger partial charge in [-0.25, -0.2) is 0 Å². The molecule has 0 saturated heterocycles. The van der Waals surface area contributed by atoms with E-state index in [-0.39, 0.29) is 0 Å². The van der Waals surface area contributed by atoms with Gasteiger partial charge in [0.05, 0.1) is 0 Å². The molecule has 1 amide bonds. The SMILES string of the molecule is Cc1ccc(C(N)=O)c(C)c1-c1nn[nH]n1. The highest BCUT2D eigenvalue weighted by Gasteiger charge is 2.15. The second kappa shape index (κ2) is 3.73. The Bertz CT molecular complexity index is 532. The summed E-state index contributed by atoms with van der Waals surface area (Å²) in [5, 5.41) is 13.7. The van der Waals surface area contributed by atoms with Crippen LogP contribution in [0.4, 0.5) is 0 Å². The maximum Gasteiger partial charge on any atom is 0.248 e. The Morgan fingerprint density at radius 2 is 2.12 bits per heavy atom. The molecular formula is C10H11N5O. The van der Waals surface area contributed by atoms with Gasteiger partial charge < -0.3 is 5.73 Å². The number of H-pyrrole nitrogens is 1. The molecule has 1 heterocycles. The summed E-state index contributed by atoms with van der Waals surface area (Å²) in [5.74, 6) is 0.0142. The molecular weight excluding hydrogens is 206 g/mol. The van der Waals surface area contributed by atoms with Crippen LogP contribution in [0.3, 0.4) is 0 Å². The first-order valence-electron chi connectivity index (χ1n) is 4.75. The number of hydrogen-bond donors (Lipinski definition) is 2. The zero-order valence-corrected chi connectivity index (χ0v) is 8.98. The summed E-state index contributed by atoms with van der Waals surface area (Å²) >= 11 is 0. The van der Waals surface area contributed by atoms with E-state index in [2.05, 4.69) is 20.6 Å². The minimum absolute atomic E-state index is 0.456. The fraction of sp³-hybridized carbons (Fsp3) is 0.200. The molecule has 82 valence electrons. The third-order valence-electron chi connectivity index (χ3n) is 2.51. The Labute approximate surface area is 91.9 Å². The van der Waals surface area contributed by atoms with E-state index in [4.69, 9.17) is 5.73 Å². The van der Waals surface area contributed by atoms with Crippen molar-refractivity contribution in [1.29, 1.82) is 0 Å². The normalized spacial score (nSPS) is 10.4. The van der Waals surface area contributed by atoms with E-state index in [1.807, 2.05) is 19.9 Å². The van der Waals surface area contributed by atoms with Crippen LogP contribution in [0.25, 0.3) is 11.4 Å². The minimum atomic E-state index is -0.456. The number of nitrogens with two attached hydrogens (primary N) is 1. The number of aryl methyl sites for hydroxylation is 1. The van der Waals surface area contributed by atoms with Crippen LogP contribution in [0.5, 0.6) is 0 Å². The van der Waals surface area contributed by atoms with Crippen molar-refractivity contribution in [2.45, 2.75) is 13.8 Å². The Balaban J connectivity index is 2.69. The molecule has 16 heavy (non-hydrogen) atoms. The van der Waals surface area contributed by atoms with Crippen LogP contribution in [0, 0.1) is 13.8 Å². The molecule has 0 aliphatic rings. The second-order valence-corrected chi connectivity index (χ2v) is 3.53. The van der Waals surface area contributed by atoms with Crippen molar-refractivity contribution in [3.8, 4) is 11.4 Å². The van der Waals surface area contributed by atoms with E-state index in [0.717, 1.165) is 16.7 Å². The second-order valence-electron chi connectivity index (χ2n) is 3.53. The maximum atomic E-state index is 11.2. The molecule has 3 N–H and O–H groups in total. The summed E-state index contributed by atoms with van der Waals surface area (Å²) in [6.45, 7) is 3.74. The number of carbonyl (C=O) groups excluding carboxylic acids is 1. The Morgan fingerprint density at radius 3 is 2.69 bits per heavy atom. The van der Waals surface area contributed by atoms with Crippen LogP contribution >= 0.6 is 0 Å². The van der Waals surface area contributed by atoms with Gasteiger partial charge in [0.25, 0.3) is 0 Å². The van der Waals surface area contributed by atoms with Gasteiger partial charge in [0, 0.05) is 11.1 Å². The lowest BCUT2D eigenvalue weighted by atomic mass is 9.97. The van der Waals surface area contributed by atoms with Crippen LogP contribution in [-0.2, 0) is 0 Å². The van der Waals surface area contributed by atoms with Crippen molar-refractivity contribution in [3.63, 3.8) is 0 Å². The number of hydrogen-bond acceptors (Lipinski definition) is 4. The zero-order valence-electron chi connectivity index (χ0n) is 8.98. The van der Waals surface area contributed by atoms with Crippen LogP contribution in [0.1, 0.15) is 21.5 Å². The maximum absolute atomic E-state index is 11.2. The van der Waals surface area contributed by atoms with Crippen LogP contribution in [-0.4, -0.2) is 26.5 Å². The summed E-state index contributed by atoms with van der Waals surface area (Å²) in [6.07, 6.45) is 0. The number of amides is 1. The molecule has 0 atom stereocenters. The van der Waals surface area contributed by atoms with Crippen molar-refractivity contribution in [2.75, 3.05) is 0 Å². The van der Waals surface area contributed by atoms with Gasteiger partial charge in [0.1, 0.15) is 0 Å². The topological polar surface area (TPSA) is 97.5 Å². The van der Waals surface area contributed by atoms with E-state index in [9.17, 15) is 4.79 Å². The lowest BCUT2D eigenvalue weighted by Gasteiger charge is -2.09. The van der Waals surface area contributed by atoms with Crippen molar-refractivity contribution in [3.05, 3.63) is 28.8 Å². The number of nitrogens with zero attached hydrogens (tertiary/aromatic N) is 3. The molecule has 2 aromatic rings. The van der Waals surface area contributed by atoms with E-state index >= 15 is 0 Å². The highest BCUT2D eigenvalue weighted by atomic mass is 16.1. The lowest BCUT2D eigenvalue weighted by molar-refractivity contribution is 0.1000. The third kappa shape index (κ3) is 1.54. The molecule has 1 aromatic carbocycles. The van der Waals surface area contributed by atoms with E-state index in [1.165, 1.54) is 0 Å². The fourth-order valence-electron chi connectivity index (χ4n) is 1.73. The number of aromatic nitrogens is 4. The highest BCUT2D eigenvalue weighted by molar-refractivity contribution is 5.96. The summed E-state index contributed by atoms with van der Waals surface area (Å²) in [4.78, 5) is 11.2. The van der Waals surface area contributed by atoms with Crippen molar-refractivity contribution in [2.24, 2.45) is 5.73 Å². The summed E-state index contributed by atoms with van der Waals surface area (Å²) < 4.78 is 0. The summed E-state index contributed by atoms with van der Waals surface area (Å²) in [7, 11) is 0. The number of benzene rings is 1. The summed E-state index contributed by atoms with van der Waals surface area (Å²) in [6, 6.07) is 3.52. The van der Waals surface area contributed by atoms with Gasteiger partial charge in [0.2, 0.25) is 11.7 Å². The standard InChI is InChI=1S/C10H11N5O/c1-5-3-4-7(9(11)16)6(2)8(5)10-12-14-15-13-10/h3-4H,1-2H3,(H2,11,16)(H,12,13,14,15). The van der Waals surface area contributed by atoms with Crippen LogP contribution in [0.15, 0.2) is 12.1 Å². The first kappa shape index (κ1) is 10.3. The lowest BCUT2D eigenvalue weighted by Crippen LogP contribution is -2.13. The minimum Gasteiger partial charge on any atom is -0.366 e. The number of primary amides is 1. The molecule has 6 heteroatoms. The fourth-order valence-corrected chi connectivity index (χ4v) is 1.73. The van der Waals surface area contributed by atoms with Crippen LogP contribution in [0.2, 0.25) is 0 Å². The smallest absolute Gasteiger partial charge is 0.248 e. The molecule has 0 fully saturated rings. The van der Waals surface area contributed by atoms with Gasteiger partial charge in [-0.3, -0.25) is 4.79 Å². The number of nitrogens with one attached hydrogen (secondary N) is 1. The molecule has 0 bridgehead atoms. The monoisotopic (exact) mass is 217 g/mol. The molecule has 0 radical (unpaired) electrons. The largest absolute Gasteiger partial charge is 0.366 e. The third-order valence-corrected chi connectivity index (χ3v) is 2.51. The number of carbonyl (C=O) groups is 1. The van der Waals surface area contributed by atoms with Crippen molar-refractivity contribution in [1.82, 2.24) is 20.6 Å². The van der Waals surface area contributed by atoms with Gasteiger partial charge >= 0.3 is 0 Å². The average molecular weight is 217 g/mol. The number of rotatable bonds is 2. The van der Waals surface area contributed by atoms with Gasteiger partial charge in [-0.15, -0.1) is 10.2 Å². The summed E-state index contributed by atoms with van der Waals surface area (Å²) in [5.41, 5.74) is 8.31. The molecule has 6 nitrogen and oxygen atoms in total. The molecule has 0 unspecified atom stereocenters. The van der Waals surface area contributed by atoms with E-state index < -0.39 is 5.91 Å². The predicted octanol–water partition coefficient (Wildman–Crippen LogP) is 0.582. The Kier molecular flexibility index (Phi) is 2.40. The molecule has 1 aromatic heterocycles. The molecule has 0 spiro atoms. The number of aromatic amines is 1. The number of tetrazole rings is 1. The molecule has 0 saturated carbocycles. The predicted molar refractivity (Wildman–Crippen MR) is 57.6 cm³/mol. The van der Waals surface area contributed by atoms with Gasteiger partial charge in [-0.05, 0) is 36.3 Å². The first-order valence-corrected chi connectivity index (χ1v) is 4.75. The van der Waals surface area contributed by atoms with E-state index in [1.54, 1.807) is 6.07 Å². The van der Waals surface area contributed by atoms with E-state index in [0.29, 0.717) is 11.4 Å². The average Bonchev–Trinajstić information content (AvgIpc) is 2.70. The molecule has 2 rings (SSSR count). The Hall–Kier alpha value is -2.24. The first-order chi connectivity index (χ1) is 7.61. The van der Waals surface area contributed by atoms with Crippen molar-refractivity contribution >= 4 is 5.91 Å². The van der Waals surface area contributed by atoms with Gasteiger partial charge in [-0.1, -0.05) is 6.07 Å². The zero-order chi connectivity index (χ0) is 11.7. The van der Waals surface area contributed by atoms with Gasteiger partial charge in [-0.2, -0.15) is 5.21 Å². The molecule has 0 aliphatic heterocycles.